The highest BCUT2D eigenvalue weighted by Gasteiger charge is 2.13. The first-order valence-corrected chi connectivity index (χ1v) is 8.81. The topological polar surface area (TPSA) is 87.0 Å². The summed E-state index contributed by atoms with van der Waals surface area (Å²) in [5, 5.41) is 14.6. The summed E-state index contributed by atoms with van der Waals surface area (Å²) in [7, 11) is 0. The van der Waals surface area contributed by atoms with Crippen LogP contribution in [-0.4, -0.2) is 16.0 Å². The van der Waals surface area contributed by atoms with Crippen LogP contribution in [0.2, 0.25) is 0 Å². The summed E-state index contributed by atoms with van der Waals surface area (Å²) in [6, 6.07) is 22.1. The van der Waals surface area contributed by atoms with Gasteiger partial charge in [0.15, 0.2) is 10.8 Å². The van der Waals surface area contributed by atoms with Gasteiger partial charge in [0.1, 0.15) is 18.4 Å². The number of anilines is 1. The molecule has 0 saturated carbocycles. The van der Waals surface area contributed by atoms with Crippen LogP contribution in [0.25, 0.3) is 0 Å². The number of carbonyl (C=O) groups excluding carboxylic acids is 1. The predicted octanol–water partition coefficient (Wildman–Crippen LogP) is 3.66. The van der Waals surface area contributed by atoms with Crippen LogP contribution in [0.4, 0.5) is 5.69 Å². The number of rotatable bonds is 5. The van der Waals surface area contributed by atoms with Gasteiger partial charge in [-0.15, -0.1) is 0 Å². The molecule has 6 nitrogen and oxygen atoms in total. The number of thiocarbonyl (C=S) groups is 1. The second-order valence-corrected chi connectivity index (χ2v) is 6.13. The molecule has 0 radical (unpaired) electrons. The Kier molecular flexibility index (Phi) is 6.29. The Morgan fingerprint density at radius 3 is 2.71 bits per heavy atom. The van der Waals surface area contributed by atoms with Crippen LogP contribution in [0.1, 0.15) is 21.6 Å². The van der Waals surface area contributed by atoms with Crippen molar-refractivity contribution in [3.63, 3.8) is 0 Å². The second kappa shape index (κ2) is 9.26. The summed E-state index contributed by atoms with van der Waals surface area (Å²) >= 11 is 5.19. The first-order valence-electron chi connectivity index (χ1n) is 8.40. The number of hydrogen-bond donors (Lipinski definition) is 2. The molecular formula is C21H16N4O2S. The third-order valence-electron chi connectivity index (χ3n) is 3.73. The number of benzene rings is 2. The molecule has 0 spiro atoms. The van der Waals surface area contributed by atoms with Crippen molar-refractivity contribution in [3.05, 3.63) is 89.7 Å². The van der Waals surface area contributed by atoms with Crippen LogP contribution in [0.15, 0.2) is 72.9 Å². The van der Waals surface area contributed by atoms with Crippen LogP contribution in [0.3, 0.4) is 0 Å². The van der Waals surface area contributed by atoms with E-state index in [1.807, 2.05) is 48.5 Å². The van der Waals surface area contributed by atoms with Gasteiger partial charge >= 0.3 is 0 Å². The molecular weight excluding hydrogens is 372 g/mol. The van der Waals surface area contributed by atoms with Gasteiger partial charge < -0.3 is 10.1 Å². The molecule has 2 N–H and O–H groups in total. The fraction of sp³-hybridized carbons (Fsp3) is 0.0476. The molecule has 28 heavy (non-hydrogen) atoms. The lowest BCUT2D eigenvalue weighted by Crippen LogP contribution is -2.34. The fourth-order valence-corrected chi connectivity index (χ4v) is 2.63. The molecule has 0 aliphatic rings. The lowest BCUT2D eigenvalue weighted by Gasteiger charge is -2.12. The van der Waals surface area contributed by atoms with Crippen LogP contribution >= 0.6 is 12.2 Å². The average molecular weight is 388 g/mol. The van der Waals surface area contributed by atoms with Crippen molar-refractivity contribution in [3.8, 4) is 11.8 Å². The number of pyridine rings is 1. The monoisotopic (exact) mass is 388 g/mol. The SMILES string of the molecule is N#Cc1ncccc1C(=O)NC(=S)Nc1cccc(OCc2ccccc2)c1. The fourth-order valence-electron chi connectivity index (χ4n) is 2.41. The van der Waals surface area contributed by atoms with Gasteiger partial charge in [0.2, 0.25) is 0 Å². The number of amides is 1. The van der Waals surface area contributed by atoms with Gasteiger partial charge in [-0.3, -0.25) is 10.1 Å². The molecule has 3 rings (SSSR count). The minimum atomic E-state index is -0.501. The summed E-state index contributed by atoms with van der Waals surface area (Å²) in [5.74, 6) is 0.167. The standard InChI is InChI=1S/C21H16N4O2S/c22-13-19-18(10-5-11-23-19)20(26)25-21(28)24-16-8-4-9-17(12-16)27-14-15-6-2-1-3-7-15/h1-12H,14H2,(H2,24,25,26,28). The summed E-state index contributed by atoms with van der Waals surface area (Å²) in [6.07, 6.45) is 1.45. The van der Waals surface area contributed by atoms with Gasteiger partial charge in [-0.25, -0.2) is 4.98 Å². The molecule has 0 atom stereocenters. The van der Waals surface area contributed by atoms with Gasteiger partial charge in [0.25, 0.3) is 5.91 Å². The third-order valence-corrected chi connectivity index (χ3v) is 3.93. The molecule has 138 valence electrons. The Labute approximate surface area is 167 Å². The van der Waals surface area contributed by atoms with Crippen LogP contribution < -0.4 is 15.4 Å². The maximum absolute atomic E-state index is 12.3. The van der Waals surface area contributed by atoms with Gasteiger partial charge in [-0.05, 0) is 42.0 Å². The zero-order chi connectivity index (χ0) is 19.8. The molecule has 0 bridgehead atoms. The molecule has 0 aliphatic heterocycles. The minimum absolute atomic E-state index is 0.0408. The summed E-state index contributed by atoms with van der Waals surface area (Å²) in [5.41, 5.74) is 1.93. The van der Waals surface area contributed by atoms with E-state index < -0.39 is 5.91 Å². The van der Waals surface area contributed by atoms with Crippen molar-refractivity contribution in [2.45, 2.75) is 6.61 Å². The van der Waals surface area contributed by atoms with Crippen molar-refractivity contribution in [1.82, 2.24) is 10.3 Å². The molecule has 2 aromatic carbocycles. The second-order valence-electron chi connectivity index (χ2n) is 5.72. The maximum Gasteiger partial charge on any atom is 0.260 e. The molecule has 0 fully saturated rings. The predicted molar refractivity (Wildman–Crippen MR) is 110 cm³/mol. The van der Waals surface area contributed by atoms with Crippen LogP contribution in [0.5, 0.6) is 5.75 Å². The zero-order valence-electron chi connectivity index (χ0n) is 14.8. The van der Waals surface area contributed by atoms with Crippen molar-refractivity contribution in [1.29, 1.82) is 5.26 Å². The van der Waals surface area contributed by atoms with Crippen LogP contribution in [0, 0.1) is 11.3 Å². The lowest BCUT2D eigenvalue weighted by molar-refractivity contribution is 0.0977. The first kappa shape index (κ1) is 19.0. The van der Waals surface area contributed by atoms with E-state index >= 15 is 0 Å². The van der Waals surface area contributed by atoms with Crippen LogP contribution in [-0.2, 0) is 6.61 Å². The van der Waals surface area contributed by atoms with Crippen molar-refractivity contribution in [2.24, 2.45) is 0 Å². The van der Waals surface area contributed by atoms with E-state index in [1.165, 1.54) is 12.3 Å². The number of hydrogen-bond acceptors (Lipinski definition) is 5. The third kappa shape index (κ3) is 5.13. The van der Waals surface area contributed by atoms with E-state index in [9.17, 15) is 4.79 Å². The van der Waals surface area contributed by atoms with E-state index in [0.717, 1.165) is 5.56 Å². The van der Waals surface area contributed by atoms with E-state index in [-0.39, 0.29) is 16.4 Å². The molecule has 0 unspecified atom stereocenters. The number of carbonyl (C=O) groups is 1. The lowest BCUT2D eigenvalue weighted by atomic mass is 10.2. The molecule has 1 heterocycles. The highest BCUT2D eigenvalue weighted by molar-refractivity contribution is 7.80. The number of aromatic nitrogens is 1. The van der Waals surface area contributed by atoms with E-state index in [1.54, 1.807) is 18.2 Å². The molecule has 0 saturated heterocycles. The number of nitrogens with zero attached hydrogens (tertiary/aromatic N) is 2. The van der Waals surface area contributed by atoms with Gasteiger partial charge in [0.05, 0.1) is 5.56 Å². The number of ether oxygens (including phenoxy) is 1. The zero-order valence-corrected chi connectivity index (χ0v) is 15.6. The molecule has 7 heteroatoms. The average Bonchev–Trinajstić information content (AvgIpc) is 2.73. The minimum Gasteiger partial charge on any atom is -0.489 e. The quantitative estimate of drug-likeness (QED) is 0.649. The maximum atomic E-state index is 12.3. The Balaban J connectivity index is 1.59. The number of nitriles is 1. The smallest absolute Gasteiger partial charge is 0.260 e. The molecule has 1 aromatic heterocycles. The van der Waals surface area contributed by atoms with Crippen molar-refractivity contribution in [2.75, 3.05) is 5.32 Å². The van der Waals surface area contributed by atoms with Gasteiger partial charge in [-0.1, -0.05) is 36.4 Å². The van der Waals surface area contributed by atoms with Gasteiger partial charge in [0, 0.05) is 18.0 Å². The van der Waals surface area contributed by atoms with E-state index in [2.05, 4.69) is 15.6 Å². The first-order chi connectivity index (χ1) is 13.7. The highest BCUT2D eigenvalue weighted by Crippen LogP contribution is 2.18. The normalized spacial score (nSPS) is 9.82. The largest absolute Gasteiger partial charge is 0.489 e. The number of nitrogens with one attached hydrogen (secondary N) is 2. The molecule has 3 aromatic rings. The summed E-state index contributed by atoms with van der Waals surface area (Å²) in [4.78, 5) is 16.2. The van der Waals surface area contributed by atoms with E-state index in [4.69, 9.17) is 22.2 Å². The Hall–Kier alpha value is -3.76. The van der Waals surface area contributed by atoms with E-state index in [0.29, 0.717) is 18.0 Å². The highest BCUT2D eigenvalue weighted by atomic mass is 32.1. The van der Waals surface area contributed by atoms with Gasteiger partial charge in [-0.2, -0.15) is 5.26 Å². The van der Waals surface area contributed by atoms with Crippen molar-refractivity contribution < 1.29 is 9.53 Å². The Morgan fingerprint density at radius 1 is 1.11 bits per heavy atom. The molecule has 1 amide bonds. The van der Waals surface area contributed by atoms with Crippen molar-refractivity contribution >= 4 is 28.9 Å². The molecule has 0 aliphatic carbocycles. The summed E-state index contributed by atoms with van der Waals surface area (Å²) in [6.45, 7) is 0.448. The Bertz CT molecular complexity index is 1030. The Morgan fingerprint density at radius 2 is 1.93 bits per heavy atom. The summed E-state index contributed by atoms with van der Waals surface area (Å²) < 4.78 is 5.78.